The molecule has 193 valence electrons. The summed E-state index contributed by atoms with van der Waals surface area (Å²) in [7, 11) is 1.92. The van der Waals surface area contributed by atoms with Crippen molar-refractivity contribution in [1.82, 2.24) is 10.3 Å². The Kier molecular flexibility index (Phi) is 12.2. The molecule has 6 nitrogen and oxygen atoms in total. The first-order valence-electron chi connectivity index (χ1n) is 11.4. The van der Waals surface area contributed by atoms with Gasteiger partial charge in [-0.1, -0.05) is 54.1 Å². The minimum absolute atomic E-state index is 0. The Balaban J connectivity index is 0.000000532. The number of nitrogens with one attached hydrogen (secondary N) is 1. The van der Waals surface area contributed by atoms with Gasteiger partial charge in [0.2, 0.25) is 0 Å². The van der Waals surface area contributed by atoms with Crippen LogP contribution >= 0.6 is 0 Å². The third kappa shape index (κ3) is 10.0. The molecule has 0 fully saturated rings. The number of aromatic nitrogens is 1. The Morgan fingerprint density at radius 3 is 2.11 bits per heavy atom. The maximum absolute atomic E-state index is 10.0. The molecule has 0 aliphatic heterocycles. The zero-order valence-electron chi connectivity index (χ0n) is 20.9. The van der Waals surface area contributed by atoms with E-state index in [0.717, 1.165) is 34.9 Å². The van der Waals surface area contributed by atoms with Crippen LogP contribution in [-0.2, 0) is 31.4 Å². The van der Waals surface area contributed by atoms with Crippen molar-refractivity contribution in [3.8, 4) is 34.3 Å². The maximum Gasteiger partial charge on any atom is 0.155 e. The summed E-state index contributed by atoms with van der Waals surface area (Å²) in [5.74, 6) is 2.72. The smallest absolute Gasteiger partial charge is 0.155 e. The van der Waals surface area contributed by atoms with E-state index in [1.54, 1.807) is 6.20 Å². The minimum Gasteiger partial charge on any atom is -0.512 e. The molecule has 1 radical (unpaired) electrons. The number of aliphatic hydroxyl groups is 1. The normalized spacial score (nSPS) is 10.4. The van der Waals surface area contributed by atoms with Crippen LogP contribution in [0.5, 0.6) is 23.0 Å². The van der Waals surface area contributed by atoms with Crippen LogP contribution in [0.15, 0.2) is 103 Å². The summed E-state index contributed by atoms with van der Waals surface area (Å²) in [4.78, 5) is 14.5. The molecule has 0 saturated heterocycles. The van der Waals surface area contributed by atoms with Crippen LogP contribution in [0.3, 0.4) is 0 Å². The van der Waals surface area contributed by atoms with Crippen molar-refractivity contribution in [1.29, 1.82) is 0 Å². The first kappa shape index (κ1) is 29.5. The van der Waals surface area contributed by atoms with Crippen LogP contribution in [0.1, 0.15) is 19.4 Å². The zero-order valence-corrected chi connectivity index (χ0v) is 23.3. The molecule has 4 aromatic rings. The van der Waals surface area contributed by atoms with Crippen molar-refractivity contribution in [2.24, 2.45) is 0 Å². The molecule has 0 bridgehead atoms. The van der Waals surface area contributed by atoms with E-state index in [2.05, 4.69) is 16.4 Å². The topological polar surface area (TPSA) is 80.7 Å². The number of hydrogen-bond donors (Lipinski definition) is 2. The first-order chi connectivity index (χ1) is 17.4. The predicted octanol–water partition coefficient (Wildman–Crippen LogP) is 6.89. The van der Waals surface area contributed by atoms with E-state index < -0.39 is 0 Å². The largest absolute Gasteiger partial charge is 0.512 e. The van der Waals surface area contributed by atoms with Gasteiger partial charge in [0.25, 0.3) is 0 Å². The molecule has 1 heterocycles. The van der Waals surface area contributed by atoms with E-state index in [4.69, 9.17) is 14.6 Å². The van der Waals surface area contributed by atoms with Crippen molar-refractivity contribution < 1.29 is 39.5 Å². The van der Waals surface area contributed by atoms with Gasteiger partial charge in [0.05, 0.1) is 5.76 Å². The van der Waals surface area contributed by atoms with E-state index in [1.807, 2.05) is 92.0 Å². The molecule has 3 aromatic carbocycles. The van der Waals surface area contributed by atoms with Gasteiger partial charge in [0.1, 0.15) is 11.5 Å². The van der Waals surface area contributed by atoms with Crippen LogP contribution < -0.4 is 14.8 Å². The number of hydrogen-bond acceptors (Lipinski definition) is 6. The average Bonchev–Trinajstić information content (AvgIpc) is 2.85. The summed E-state index contributed by atoms with van der Waals surface area (Å²) in [6.45, 7) is 3.61. The van der Waals surface area contributed by atoms with Crippen LogP contribution in [-0.4, -0.2) is 22.9 Å². The standard InChI is InChI=1S/C25H21N2O2.C5H8O2.Ir/c1-26-18-19-14-15-27-24(16-19)23-13-12-22(28-20-8-4-2-5-9-20)17-25(23)29-21-10-6-3-7-11-21;1-4(6)3-5(2)7;/h2-12,14-17,26H,18H2,1H3;3,6H,1-2H3;/q-1;;/b;4-3-;. The molecule has 2 N–H and O–H groups in total. The second-order valence-corrected chi connectivity index (χ2v) is 7.88. The summed E-state index contributed by atoms with van der Waals surface area (Å²) in [5, 5.41) is 11.5. The van der Waals surface area contributed by atoms with Gasteiger partial charge in [-0.05, 0) is 62.5 Å². The Hall–Kier alpha value is -3.77. The van der Waals surface area contributed by atoms with Gasteiger partial charge in [-0.15, -0.1) is 12.1 Å². The third-order valence-corrected chi connectivity index (χ3v) is 4.70. The van der Waals surface area contributed by atoms with E-state index >= 15 is 0 Å². The van der Waals surface area contributed by atoms with Crippen molar-refractivity contribution in [3.63, 3.8) is 0 Å². The zero-order chi connectivity index (χ0) is 25.8. The van der Waals surface area contributed by atoms with Gasteiger partial charge in [0, 0.05) is 50.4 Å². The first-order valence-corrected chi connectivity index (χ1v) is 11.4. The number of benzene rings is 3. The van der Waals surface area contributed by atoms with Crippen molar-refractivity contribution in [3.05, 3.63) is 115 Å². The molecular weight excluding hydrogens is 645 g/mol. The fraction of sp³-hybridized carbons (Fsp3) is 0.133. The second kappa shape index (κ2) is 15.4. The Morgan fingerprint density at radius 2 is 1.57 bits per heavy atom. The molecule has 0 unspecified atom stereocenters. The molecule has 37 heavy (non-hydrogen) atoms. The summed E-state index contributed by atoms with van der Waals surface area (Å²) < 4.78 is 12.1. The number of carbonyl (C=O) groups is 1. The van der Waals surface area contributed by atoms with Crippen LogP contribution in [0.25, 0.3) is 11.3 Å². The third-order valence-electron chi connectivity index (χ3n) is 4.70. The second-order valence-electron chi connectivity index (χ2n) is 7.88. The Morgan fingerprint density at radius 1 is 0.946 bits per heavy atom. The maximum atomic E-state index is 10.0. The molecule has 4 rings (SSSR count). The van der Waals surface area contributed by atoms with E-state index in [9.17, 15) is 4.79 Å². The van der Waals surface area contributed by atoms with Crippen LogP contribution in [0.2, 0.25) is 0 Å². The van der Waals surface area contributed by atoms with Crippen molar-refractivity contribution in [2.75, 3.05) is 7.05 Å². The van der Waals surface area contributed by atoms with E-state index in [1.165, 1.54) is 19.9 Å². The molecule has 0 aliphatic rings. The van der Waals surface area contributed by atoms with Gasteiger partial charge in [0.15, 0.2) is 5.78 Å². The molecule has 7 heteroatoms. The molecule has 0 amide bonds. The Bertz CT molecular complexity index is 1290. The molecular formula is C30H29IrN2O4-. The van der Waals surface area contributed by atoms with Crippen LogP contribution in [0.4, 0.5) is 0 Å². The number of para-hydroxylation sites is 2. The van der Waals surface area contributed by atoms with Gasteiger partial charge < -0.3 is 24.9 Å². The summed E-state index contributed by atoms with van der Waals surface area (Å²) in [6, 6.07) is 30.3. The number of rotatable bonds is 8. The van der Waals surface area contributed by atoms with Crippen molar-refractivity contribution in [2.45, 2.75) is 20.4 Å². The molecule has 1 aromatic heterocycles. The number of allylic oxidation sites excluding steroid dienone is 2. The number of aliphatic hydroxyl groups excluding tert-OH is 1. The van der Waals surface area contributed by atoms with Crippen molar-refractivity contribution >= 4 is 5.78 Å². The average molecular weight is 674 g/mol. The molecule has 0 spiro atoms. The van der Waals surface area contributed by atoms with Gasteiger partial charge in [-0.3, -0.25) is 4.79 Å². The molecule has 0 aliphatic carbocycles. The number of carbonyl (C=O) groups excluding carboxylic acids is 1. The SMILES string of the molecule is CC(=O)/C=C(/C)O.CNCc1ccnc(-c2[c-]cc(Oc3ccccc3)cc2Oc2ccccc2)c1.[Ir]. The number of ether oxygens (including phenoxy) is 2. The predicted molar refractivity (Wildman–Crippen MR) is 141 cm³/mol. The fourth-order valence-electron chi connectivity index (χ4n) is 3.26. The fourth-order valence-corrected chi connectivity index (χ4v) is 3.26. The molecule has 0 saturated carbocycles. The van der Waals surface area contributed by atoms with E-state index in [0.29, 0.717) is 11.5 Å². The Labute approximate surface area is 231 Å². The quantitative estimate of drug-likeness (QED) is 0.121. The van der Waals surface area contributed by atoms with Gasteiger partial charge in [-0.25, -0.2) is 0 Å². The summed E-state index contributed by atoms with van der Waals surface area (Å²) in [6.07, 6.45) is 2.97. The minimum atomic E-state index is -0.125. The van der Waals surface area contributed by atoms with Gasteiger partial charge in [-0.2, -0.15) is 0 Å². The van der Waals surface area contributed by atoms with Gasteiger partial charge >= 0.3 is 0 Å². The number of ketones is 1. The summed E-state index contributed by atoms with van der Waals surface area (Å²) >= 11 is 0. The number of nitrogens with zero attached hydrogens (tertiary/aromatic N) is 1. The number of pyridine rings is 1. The van der Waals surface area contributed by atoms with E-state index in [-0.39, 0.29) is 31.6 Å². The summed E-state index contributed by atoms with van der Waals surface area (Å²) in [5.41, 5.74) is 2.73. The van der Waals surface area contributed by atoms with Crippen LogP contribution in [0, 0.1) is 6.07 Å². The molecule has 0 atom stereocenters. The monoisotopic (exact) mass is 674 g/mol.